The highest BCUT2D eigenvalue weighted by Gasteiger charge is 2.36. The standard InChI is InChI=1S/C19H22N6O2/c1-2-16(25(8-1)15-5-10-26-11-6-15)19-22-18(23-27-19)14-3-4-17(21-12-14)24-9-7-20-13-24/h3-4,7,9,12-13,15-16H,1-2,5-6,8,10-11H2/t16-/m0/s1. The maximum atomic E-state index is 5.65. The number of aromatic nitrogens is 5. The molecule has 1 atom stereocenters. The number of hydrogen-bond acceptors (Lipinski definition) is 7. The van der Waals surface area contributed by atoms with Gasteiger partial charge in [-0.3, -0.25) is 9.47 Å². The molecule has 0 radical (unpaired) electrons. The van der Waals surface area contributed by atoms with Crippen molar-refractivity contribution in [2.45, 2.75) is 37.8 Å². The van der Waals surface area contributed by atoms with Crippen LogP contribution >= 0.6 is 0 Å². The van der Waals surface area contributed by atoms with Gasteiger partial charge < -0.3 is 9.26 Å². The summed E-state index contributed by atoms with van der Waals surface area (Å²) in [7, 11) is 0. The monoisotopic (exact) mass is 366 g/mol. The Balaban J connectivity index is 1.34. The van der Waals surface area contributed by atoms with Crippen LogP contribution in [0.1, 0.15) is 37.6 Å². The van der Waals surface area contributed by atoms with E-state index in [0.717, 1.165) is 50.4 Å². The van der Waals surface area contributed by atoms with Crippen LogP contribution < -0.4 is 0 Å². The van der Waals surface area contributed by atoms with E-state index in [-0.39, 0.29) is 6.04 Å². The summed E-state index contributed by atoms with van der Waals surface area (Å²) in [6.07, 6.45) is 11.5. The third kappa shape index (κ3) is 3.26. The molecule has 0 bridgehead atoms. The van der Waals surface area contributed by atoms with Crippen LogP contribution in [0.5, 0.6) is 0 Å². The van der Waals surface area contributed by atoms with Crippen LogP contribution in [-0.4, -0.2) is 55.4 Å². The average molecular weight is 366 g/mol. The summed E-state index contributed by atoms with van der Waals surface area (Å²) in [6.45, 7) is 2.78. The van der Waals surface area contributed by atoms with Gasteiger partial charge in [-0.05, 0) is 44.4 Å². The van der Waals surface area contributed by atoms with E-state index >= 15 is 0 Å². The first-order valence-corrected chi connectivity index (χ1v) is 9.50. The molecular formula is C19H22N6O2. The quantitative estimate of drug-likeness (QED) is 0.702. The van der Waals surface area contributed by atoms with Gasteiger partial charge in [0.15, 0.2) is 0 Å². The van der Waals surface area contributed by atoms with E-state index in [4.69, 9.17) is 14.2 Å². The molecule has 27 heavy (non-hydrogen) atoms. The minimum absolute atomic E-state index is 0.215. The summed E-state index contributed by atoms with van der Waals surface area (Å²) < 4.78 is 13.0. The van der Waals surface area contributed by atoms with Crippen LogP contribution in [0.25, 0.3) is 17.2 Å². The zero-order chi connectivity index (χ0) is 18.1. The molecule has 3 aromatic rings. The highest BCUT2D eigenvalue weighted by molar-refractivity contribution is 5.53. The zero-order valence-electron chi connectivity index (χ0n) is 15.1. The smallest absolute Gasteiger partial charge is 0.244 e. The van der Waals surface area contributed by atoms with Crippen LogP contribution in [0.3, 0.4) is 0 Å². The van der Waals surface area contributed by atoms with Gasteiger partial charge in [-0.1, -0.05) is 5.16 Å². The lowest BCUT2D eigenvalue weighted by Gasteiger charge is -2.33. The number of imidazole rings is 1. The van der Waals surface area contributed by atoms with Gasteiger partial charge in [-0.15, -0.1) is 0 Å². The van der Waals surface area contributed by atoms with Gasteiger partial charge in [0.25, 0.3) is 0 Å². The Hall–Kier alpha value is -2.58. The second kappa shape index (κ2) is 7.21. The van der Waals surface area contributed by atoms with Crippen LogP contribution in [0.15, 0.2) is 41.6 Å². The van der Waals surface area contributed by atoms with Gasteiger partial charge in [-0.2, -0.15) is 4.98 Å². The van der Waals surface area contributed by atoms with Crippen molar-refractivity contribution in [2.75, 3.05) is 19.8 Å². The summed E-state index contributed by atoms with van der Waals surface area (Å²) in [6, 6.07) is 4.66. The Morgan fingerprint density at radius 1 is 1.11 bits per heavy atom. The Bertz CT molecular complexity index is 870. The van der Waals surface area contributed by atoms with Crippen LogP contribution in [0, 0.1) is 0 Å². The second-order valence-corrected chi connectivity index (χ2v) is 7.07. The third-order valence-corrected chi connectivity index (χ3v) is 5.46. The first kappa shape index (κ1) is 16.6. The predicted molar refractivity (Wildman–Crippen MR) is 97.2 cm³/mol. The fraction of sp³-hybridized carbons (Fsp3) is 0.474. The molecule has 0 aliphatic carbocycles. The fourth-order valence-electron chi connectivity index (χ4n) is 4.06. The van der Waals surface area contributed by atoms with Gasteiger partial charge in [0.1, 0.15) is 12.1 Å². The van der Waals surface area contributed by atoms with E-state index in [2.05, 4.69) is 20.0 Å². The van der Waals surface area contributed by atoms with Gasteiger partial charge in [0, 0.05) is 43.4 Å². The summed E-state index contributed by atoms with van der Waals surface area (Å²) in [5, 5.41) is 4.21. The highest BCUT2D eigenvalue weighted by Crippen LogP contribution is 2.35. The van der Waals surface area contributed by atoms with Gasteiger partial charge in [0.05, 0.1) is 6.04 Å². The summed E-state index contributed by atoms with van der Waals surface area (Å²) in [5.41, 5.74) is 0.851. The third-order valence-electron chi connectivity index (χ3n) is 5.46. The molecular weight excluding hydrogens is 344 g/mol. The highest BCUT2D eigenvalue weighted by atomic mass is 16.5. The molecule has 0 N–H and O–H groups in total. The van der Waals surface area contributed by atoms with Gasteiger partial charge in [-0.25, -0.2) is 9.97 Å². The Labute approximate surface area is 157 Å². The molecule has 2 saturated heterocycles. The van der Waals surface area contributed by atoms with Crippen molar-refractivity contribution in [3.63, 3.8) is 0 Å². The predicted octanol–water partition coefficient (Wildman–Crippen LogP) is 2.63. The van der Waals surface area contributed by atoms with E-state index in [1.165, 1.54) is 6.42 Å². The van der Waals surface area contributed by atoms with Crippen molar-refractivity contribution in [3.05, 3.63) is 42.9 Å². The zero-order valence-corrected chi connectivity index (χ0v) is 15.1. The fourth-order valence-corrected chi connectivity index (χ4v) is 4.06. The van der Waals surface area contributed by atoms with E-state index in [1.54, 1.807) is 18.7 Å². The molecule has 2 aliphatic rings. The Morgan fingerprint density at radius 2 is 2.04 bits per heavy atom. The van der Waals surface area contributed by atoms with E-state index in [1.807, 2.05) is 22.9 Å². The van der Waals surface area contributed by atoms with Crippen LogP contribution in [0.2, 0.25) is 0 Å². The van der Waals surface area contributed by atoms with Gasteiger partial charge in [0.2, 0.25) is 11.7 Å². The summed E-state index contributed by atoms with van der Waals surface area (Å²) in [4.78, 5) is 15.7. The molecule has 8 nitrogen and oxygen atoms in total. The number of pyridine rings is 1. The summed E-state index contributed by atoms with van der Waals surface area (Å²) >= 11 is 0. The number of likely N-dealkylation sites (tertiary alicyclic amines) is 1. The van der Waals surface area contributed by atoms with Crippen molar-refractivity contribution in [2.24, 2.45) is 0 Å². The molecule has 140 valence electrons. The molecule has 0 aromatic carbocycles. The number of rotatable bonds is 4. The molecule has 0 spiro atoms. The number of hydrogen-bond donors (Lipinski definition) is 0. The van der Waals surface area contributed by atoms with Crippen LogP contribution in [-0.2, 0) is 4.74 Å². The molecule has 8 heteroatoms. The van der Waals surface area contributed by atoms with Crippen molar-refractivity contribution < 1.29 is 9.26 Å². The largest absolute Gasteiger partial charge is 0.381 e. The van der Waals surface area contributed by atoms with Crippen LogP contribution in [0.4, 0.5) is 0 Å². The minimum Gasteiger partial charge on any atom is -0.381 e. The van der Waals surface area contributed by atoms with Crippen molar-refractivity contribution in [3.8, 4) is 17.2 Å². The average Bonchev–Trinajstić information content (AvgIpc) is 3.50. The second-order valence-electron chi connectivity index (χ2n) is 7.07. The van der Waals surface area contributed by atoms with Gasteiger partial charge >= 0.3 is 0 Å². The van der Waals surface area contributed by atoms with E-state index in [0.29, 0.717) is 17.8 Å². The number of nitrogens with zero attached hydrogens (tertiary/aromatic N) is 6. The van der Waals surface area contributed by atoms with Crippen molar-refractivity contribution in [1.29, 1.82) is 0 Å². The minimum atomic E-state index is 0.215. The lowest BCUT2D eigenvalue weighted by atomic mass is 10.1. The van der Waals surface area contributed by atoms with Crippen molar-refractivity contribution >= 4 is 0 Å². The van der Waals surface area contributed by atoms with Crippen molar-refractivity contribution in [1.82, 2.24) is 29.6 Å². The first-order valence-electron chi connectivity index (χ1n) is 9.50. The molecule has 2 fully saturated rings. The lowest BCUT2D eigenvalue weighted by molar-refractivity contribution is 0.0243. The Morgan fingerprint density at radius 3 is 2.81 bits per heavy atom. The number of ether oxygens (including phenoxy) is 1. The van der Waals surface area contributed by atoms with E-state index < -0.39 is 0 Å². The first-order chi connectivity index (χ1) is 13.4. The maximum absolute atomic E-state index is 5.65. The molecule has 2 aliphatic heterocycles. The normalized spacial score (nSPS) is 21.7. The SMILES string of the molecule is c1cn(-c2ccc(-c3noc([C@@H]4CCCN4C4CCOCC4)n3)cn2)cn1. The Kier molecular flexibility index (Phi) is 4.43. The maximum Gasteiger partial charge on any atom is 0.244 e. The summed E-state index contributed by atoms with van der Waals surface area (Å²) in [5.74, 6) is 2.11. The van der Waals surface area contributed by atoms with E-state index in [9.17, 15) is 0 Å². The molecule has 0 saturated carbocycles. The molecule has 5 heterocycles. The topological polar surface area (TPSA) is 82.1 Å². The molecule has 5 rings (SSSR count). The molecule has 0 amide bonds. The lowest BCUT2D eigenvalue weighted by Crippen LogP contribution is -2.39. The molecule has 3 aromatic heterocycles. The molecule has 0 unspecified atom stereocenters.